The summed E-state index contributed by atoms with van der Waals surface area (Å²) in [5.74, 6) is -0.0846. The molecule has 0 saturated heterocycles. The lowest BCUT2D eigenvalue weighted by atomic mass is 10.0. The first-order chi connectivity index (χ1) is 13.1. The Morgan fingerprint density at radius 1 is 1.25 bits per heavy atom. The molecule has 1 atom stereocenters. The lowest BCUT2D eigenvalue weighted by molar-refractivity contribution is -0.137. The summed E-state index contributed by atoms with van der Waals surface area (Å²) in [4.78, 5) is 7.17. The van der Waals surface area contributed by atoms with E-state index in [1.54, 1.807) is 48.6 Å². The Morgan fingerprint density at radius 3 is 2.50 bits per heavy atom. The van der Waals surface area contributed by atoms with Gasteiger partial charge in [0.15, 0.2) is 6.39 Å². The van der Waals surface area contributed by atoms with Crippen LogP contribution in [0.2, 0.25) is 0 Å². The number of rotatable bonds is 5. The third kappa shape index (κ3) is 3.69. The Morgan fingerprint density at radius 2 is 1.96 bits per heavy atom. The highest BCUT2D eigenvalue weighted by molar-refractivity contribution is 5.65. The molecule has 2 aromatic heterocycles. The molecule has 0 spiro atoms. The van der Waals surface area contributed by atoms with Gasteiger partial charge in [0.25, 0.3) is 0 Å². The van der Waals surface area contributed by atoms with Gasteiger partial charge in [0, 0.05) is 26.7 Å². The Labute approximate surface area is 159 Å². The van der Waals surface area contributed by atoms with Crippen LogP contribution in [-0.4, -0.2) is 48.1 Å². The lowest BCUT2D eigenvalue weighted by Gasteiger charge is -2.38. The molecule has 1 N–H and O–H groups in total. The fourth-order valence-corrected chi connectivity index (χ4v) is 3.26. The van der Waals surface area contributed by atoms with Crippen LogP contribution < -0.4 is 0 Å². The van der Waals surface area contributed by atoms with Gasteiger partial charge in [-0.25, -0.2) is 9.67 Å². The standard InChI is InChI=1S/C17H21F3N6O2/c1-10-15(25(4)23-22-10)14-7-26(11(2)16(27)24(14)3)13(5-6-17(18,19)20)12-8-28-9-21-12/h7-9,13,27H,5-6H2,1-4H3. The number of oxazole rings is 1. The minimum absolute atomic E-state index is 0.0846. The average molecular weight is 398 g/mol. The largest absolute Gasteiger partial charge is 0.493 e. The summed E-state index contributed by atoms with van der Waals surface area (Å²) in [6.07, 6.45) is -1.41. The number of aliphatic hydroxyl groups excluding tert-OH is 1. The van der Waals surface area contributed by atoms with Crippen LogP contribution in [-0.2, 0) is 7.05 Å². The van der Waals surface area contributed by atoms with Crippen molar-refractivity contribution >= 4 is 5.70 Å². The molecule has 8 nitrogen and oxygen atoms in total. The second-order valence-corrected chi connectivity index (χ2v) is 6.62. The van der Waals surface area contributed by atoms with Crippen molar-refractivity contribution in [2.75, 3.05) is 7.05 Å². The van der Waals surface area contributed by atoms with Gasteiger partial charge in [0.1, 0.15) is 17.7 Å². The molecule has 152 valence electrons. The molecule has 1 aliphatic heterocycles. The molecule has 0 fully saturated rings. The zero-order chi connectivity index (χ0) is 20.6. The summed E-state index contributed by atoms with van der Waals surface area (Å²) in [7, 11) is 3.37. The minimum Gasteiger partial charge on any atom is -0.493 e. The first kappa shape index (κ1) is 19.8. The van der Waals surface area contributed by atoms with Gasteiger partial charge in [-0.1, -0.05) is 5.21 Å². The van der Waals surface area contributed by atoms with Gasteiger partial charge in [0.05, 0.1) is 23.1 Å². The summed E-state index contributed by atoms with van der Waals surface area (Å²) in [5.41, 5.74) is 2.56. The predicted octanol–water partition coefficient (Wildman–Crippen LogP) is 3.49. The number of hydrogen-bond donors (Lipinski definition) is 1. The van der Waals surface area contributed by atoms with E-state index in [9.17, 15) is 18.3 Å². The highest BCUT2D eigenvalue weighted by Crippen LogP contribution is 2.38. The van der Waals surface area contributed by atoms with Crippen molar-refractivity contribution in [1.29, 1.82) is 0 Å². The first-order valence-electron chi connectivity index (χ1n) is 8.55. The molecule has 3 rings (SSSR count). The summed E-state index contributed by atoms with van der Waals surface area (Å²) in [6.45, 7) is 3.40. The molecule has 0 amide bonds. The number of nitrogens with zero attached hydrogens (tertiary/aromatic N) is 6. The quantitative estimate of drug-likeness (QED) is 0.825. The minimum atomic E-state index is -4.32. The van der Waals surface area contributed by atoms with Crippen LogP contribution in [0.15, 0.2) is 34.9 Å². The van der Waals surface area contributed by atoms with E-state index in [-0.39, 0.29) is 12.3 Å². The van der Waals surface area contributed by atoms with Crippen LogP contribution >= 0.6 is 0 Å². The van der Waals surface area contributed by atoms with Crippen LogP contribution in [0, 0.1) is 6.92 Å². The van der Waals surface area contributed by atoms with Crippen LogP contribution in [0.25, 0.3) is 5.70 Å². The highest BCUT2D eigenvalue weighted by Gasteiger charge is 2.35. The molecule has 2 aromatic rings. The third-order valence-corrected chi connectivity index (χ3v) is 4.72. The average Bonchev–Trinajstić information content (AvgIpc) is 3.25. The summed E-state index contributed by atoms with van der Waals surface area (Å²) in [6, 6.07) is -0.771. The predicted molar refractivity (Wildman–Crippen MR) is 93.2 cm³/mol. The van der Waals surface area contributed by atoms with Gasteiger partial charge in [0.2, 0.25) is 5.88 Å². The molecular formula is C17H21F3N6O2. The van der Waals surface area contributed by atoms with Gasteiger partial charge >= 0.3 is 6.18 Å². The second-order valence-electron chi connectivity index (χ2n) is 6.62. The van der Waals surface area contributed by atoms with Crippen LogP contribution in [0.3, 0.4) is 0 Å². The first-order valence-corrected chi connectivity index (χ1v) is 8.55. The maximum absolute atomic E-state index is 12.9. The van der Waals surface area contributed by atoms with E-state index >= 15 is 0 Å². The lowest BCUT2D eigenvalue weighted by Crippen LogP contribution is -2.34. The van der Waals surface area contributed by atoms with E-state index in [2.05, 4.69) is 15.3 Å². The van der Waals surface area contributed by atoms with Gasteiger partial charge < -0.3 is 19.3 Å². The molecule has 1 unspecified atom stereocenters. The van der Waals surface area contributed by atoms with E-state index in [4.69, 9.17) is 4.42 Å². The van der Waals surface area contributed by atoms with E-state index < -0.39 is 18.6 Å². The van der Waals surface area contributed by atoms with Crippen molar-refractivity contribution in [3.63, 3.8) is 0 Å². The summed E-state index contributed by atoms with van der Waals surface area (Å²) >= 11 is 0. The fourth-order valence-electron chi connectivity index (χ4n) is 3.26. The van der Waals surface area contributed by atoms with E-state index in [0.717, 1.165) is 0 Å². The Kier molecular flexibility index (Phi) is 5.09. The fraction of sp³-hybridized carbons (Fsp3) is 0.471. The summed E-state index contributed by atoms with van der Waals surface area (Å²) < 4.78 is 45.2. The molecule has 3 heterocycles. The topological polar surface area (TPSA) is 83.5 Å². The third-order valence-electron chi connectivity index (χ3n) is 4.72. The molecule has 0 aromatic carbocycles. The van der Waals surface area contributed by atoms with Crippen molar-refractivity contribution in [3.8, 4) is 0 Å². The zero-order valence-electron chi connectivity index (χ0n) is 15.9. The smallest absolute Gasteiger partial charge is 0.389 e. The van der Waals surface area contributed by atoms with Crippen molar-refractivity contribution in [2.45, 2.75) is 38.9 Å². The van der Waals surface area contributed by atoms with Crippen molar-refractivity contribution in [1.82, 2.24) is 29.8 Å². The zero-order valence-corrected chi connectivity index (χ0v) is 15.9. The van der Waals surface area contributed by atoms with Crippen LogP contribution in [0.4, 0.5) is 13.2 Å². The van der Waals surface area contributed by atoms with E-state index in [1.807, 2.05) is 0 Å². The number of aryl methyl sites for hydroxylation is 2. The van der Waals surface area contributed by atoms with Crippen LogP contribution in [0.1, 0.15) is 42.9 Å². The van der Waals surface area contributed by atoms with E-state index in [1.165, 1.54) is 12.7 Å². The number of aliphatic hydroxyl groups is 1. The maximum atomic E-state index is 12.9. The van der Waals surface area contributed by atoms with Crippen molar-refractivity contribution in [3.05, 3.63) is 47.5 Å². The Balaban J connectivity index is 2.07. The van der Waals surface area contributed by atoms with Crippen LogP contribution in [0.5, 0.6) is 0 Å². The summed E-state index contributed by atoms with van der Waals surface area (Å²) in [5, 5.41) is 18.6. The van der Waals surface area contributed by atoms with Crippen molar-refractivity contribution < 1.29 is 22.7 Å². The molecular weight excluding hydrogens is 377 g/mol. The number of alkyl halides is 3. The van der Waals surface area contributed by atoms with Gasteiger partial charge in [-0.05, 0) is 20.3 Å². The monoisotopic (exact) mass is 398 g/mol. The van der Waals surface area contributed by atoms with Gasteiger partial charge in [-0.2, -0.15) is 13.2 Å². The number of hydrogen-bond acceptors (Lipinski definition) is 7. The van der Waals surface area contributed by atoms with E-state index in [0.29, 0.717) is 28.5 Å². The molecule has 0 bridgehead atoms. The molecule has 0 radical (unpaired) electrons. The molecule has 0 saturated carbocycles. The maximum Gasteiger partial charge on any atom is 0.389 e. The highest BCUT2D eigenvalue weighted by atomic mass is 19.4. The molecule has 1 aliphatic rings. The van der Waals surface area contributed by atoms with Crippen molar-refractivity contribution in [2.24, 2.45) is 7.05 Å². The Bertz CT molecular complexity index is 881. The Hall–Kier alpha value is -2.98. The SMILES string of the molecule is CC1=C(O)N(C)C(c2c(C)nnn2C)=CN1C(CCC(F)(F)F)c1cocn1. The molecule has 11 heteroatoms. The van der Waals surface area contributed by atoms with Gasteiger partial charge in [-0.15, -0.1) is 5.10 Å². The van der Waals surface area contributed by atoms with Gasteiger partial charge in [-0.3, -0.25) is 0 Å². The molecule has 0 aliphatic carbocycles. The number of allylic oxidation sites excluding steroid dienone is 1. The molecule has 28 heavy (non-hydrogen) atoms. The second kappa shape index (κ2) is 7.21. The number of halogens is 3. The number of aromatic nitrogens is 4. The normalized spacial score (nSPS) is 16.6.